The maximum Gasteiger partial charge on any atom is 0.262 e. The first-order valence-electron chi connectivity index (χ1n) is 10.8. The van der Waals surface area contributed by atoms with Gasteiger partial charge in [-0.05, 0) is 48.6 Å². The largest absolute Gasteiger partial charge is 0.454 e. The van der Waals surface area contributed by atoms with E-state index in [1.165, 1.54) is 6.08 Å². The summed E-state index contributed by atoms with van der Waals surface area (Å²) in [6.45, 7) is 4.80. The lowest BCUT2D eigenvalue weighted by Crippen LogP contribution is -2.45. The Morgan fingerprint density at radius 1 is 1.06 bits per heavy atom. The molecule has 0 spiro atoms. The molecule has 0 fully saturated rings. The number of carbonyl (C=O) groups excluding carboxylic acids is 3. The fraction of sp³-hybridized carbons (Fsp3) is 0.320. The number of imide groups is 1. The number of amides is 2. The summed E-state index contributed by atoms with van der Waals surface area (Å²) in [7, 11) is 0. The van der Waals surface area contributed by atoms with E-state index in [0.29, 0.717) is 41.3 Å². The van der Waals surface area contributed by atoms with Crippen LogP contribution >= 0.6 is 0 Å². The minimum atomic E-state index is -0.865. The van der Waals surface area contributed by atoms with Gasteiger partial charge >= 0.3 is 0 Å². The molecular formula is C25H24N2O5. The summed E-state index contributed by atoms with van der Waals surface area (Å²) in [5.41, 5.74) is 3.30. The van der Waals surface area contributed by atoms with Gasteiger partial charge in [-0.2, -0.15) is 0 Å². The number of hydrogen-bond acceptors (Lipinski definition) is 6. The van der Waals surface area contributed by atoms with Gasteiger partial charge in [-0.1, -0.05) is 26.0 Å². The second-order valence-corrected chi connectivity index (χ2v) is 8.67. The summed E-state index contributed by atoms with van der Waals surface area (Å²) in [5, 5.41) is 3.29. The summed E-state index contributed by atoms with van der Waals surface area (Å²) in [5.74, 6) is 0.366. The van der Waals surface area contributed by atoms with Gasteiger partial charge in [-0.15, -0.1) is 0 Å². The Balaban J connectivity index is 1.50. The van der Waals surface area contributed by atoms with Crippen LogP contribution in [0.2, 0.25) is 0 Å². The van der Waals surface area contributed by atoms with E-state index in [0.717, 1.165) is 22.4 Å². The first-order chi connectivity index (χ1) is 15.4. The topological polar surface area (TPSA) is 84.9 Å². The van der Waals surface area contributed by atoms with Crippen LogP contribution in [0.25, 0.3) is 5.70 Å². The van der Waals surface area contributed by atoms with E-state index in [1.807, 2.05) is 26.0 Å². The molecule has 0 saturated carbocycles. The molecule has 1 N–H and O–H groups in total. The highest BCUT2D eigenvalue weighted by atomic mass is 16.7. The highest BCUT2D eigenvalue weighted by Crippen LogP contribution is 2.38. The van der Waals surface area contributed by atoms with Gasteiger partial charge in [0.2, 0.25) is 6.79 Å². The first-order valence-corrected chi connectivity index (χ1v) is 10.8. The zero-order chi connectivity index (χ0) is 22.4. The molecule has 2 aromatic rings. The third kappa shape index (κ3) is 3.34. The zero-order valence-electron chi connectivity index (χ0n) is 18.0. The number of ketones is 1. The molecule has 7 heteroatoms. The fourth-order valence-corrected chi connectivity index (χ4v) is 4.52. The van der Waals surface area contributed by atoms with Crippen molar-refractivity contribution in [2.75, 3.05) is 13.3 Å². The van der Waals surface area contributed by atoms with Crippen LogP contribution < -0.4 is 14.8 Å². The van der Waals surface area contributed by atoms with Crippen LogP contribution in [0, 0.1) is 5.92 Å². The summed E-state index contributed by atoms with van der Waals surface area (Å²) in [4.78, 5) is 40.7. The predicted molar refractivity (Wildman–Crippen MR) is 117 cm³/mol. The summed E-state index contributed by atoms with van der Waals surface area (Å²) < 4.78 is 11.0. The van der Waals surface area contributed by atoms with Crippen molar-refractivity contribution < 1.29 is 23.9 Å². The lowest BCUT2D eigenvalue weighted by atomic mass is 9.93. The third-order valence-corrected chi connectivity index (χ3v) is 6.05. The third-order valence-electron chi connectivity index (χ3n) is 6.05. The van der Waals surface area contributed by atoms with Gasteiger partial charge in [-0.25, -0.2) is 0 Å². The SMILES string of the molecule is CC(C)C[C@H](C(=O)/C=C1\NCCc2cc3c(cc21)OCO3)N1C(=O)c2ccccc2C1=O. The summed E-state index contributed by atoms with van der Waals surface area (Å²) >= 11 is 0. The number of benzene rings is 2. The minimum Gasteiger partial charge on any atom is -0.454 e. The van der Waals surface area contributed by atoms with Gasteiger partial charge in [0.25, 0.3) is 11.8 Å². The Labute approximate surface area is 186 Å². The lowest BCUT2D eigenvalue weighted by Gasteiger charge is -2.27. The predicted octanol–water partition coefficient (Wildman–Crippen LogP) is 3.18. The van der Waals surface area contributed by atoms with E-state index in [-0.39, 0.29) is 18.5 Å². The smallest absolute Gasteiger partial charge is 0.262 e. The minimum absolute atomic E-state index is 0.118. The van der Waals surface area contributed by atoms with Crippen LogP contribution in [-0.2, 0) is 11.2 Å². The van der Waals surface area contributed by atoms with Crippen LogP contribution in [0.5, 0.6) is 11.5 Å². The monoisotopic (exact) mass is 432 g/mol. The molecule has 1 atom stereocenters. The van der Waals surface area contributed by atoms with Crippen LogP contribution in [-0.4, -0.2) is 41.9 Å². The molecule has 0 saturated heterocycles. The van der Waals surface area contributed by atoms with Crippen LogP contribution in [0.15, 0.2) is 42.5 Å². The molecule has 3 aliphatic rings. The Kier molecular flexibility index (Phi) is 4.96. The number of hydrogen-bond donors (Lipinski definition) is 1. The number of carbonyl (C=O) groups is 3. The molecule has 3 heterocycles. The number of fused-ring (bicyclic) bond motifs is 3. The molecule has 0 radical (unpaired) electrons. The van der Waals surface area contributed by atoms with Gasteiger partial charge in [0.05, 0.1) is 11.1 Å². The average Bonchev–Trinajstić information content (AvgIpc) is 3.33. The zero-order valence-corrected chi connectivity index (χ0v) is 18.0. The number of rotatable bonds is 5. The van der Waals surface area contributed by atoms with Crippen LogP contribution in [0.3, 0.4) is 0 Å². The molecule has 0 unspecified atom stereocenters. The second-order valence-electron chi connectivity index (χ2n) is 8.67. The van der Waals surface area contributed by atoms with E-state index in [1.54, 1.807) is 24.3 Å². The maximum absolute atomic E-state index is 13.5. The van der Waals surface area contributed by atoms with Crippen molar-refractivity contribution in [1.82, 2.24) is 10.2 Å². The van der Waals surface area contributed by atoms with E-state index >= 15 is 0 Å². The van der Waals surface area contributed by atoms with Gasteiger partial charge in [0, 0.05) is 23.9 Å². The van der Waals surface area contributed by atoms with Crippen molar-refractivity contribution in [2.24, 2.45) is 5.92 Å². The van der Waals surface area contributed by atoms with E-state index < -0.39 is 17.9 Å². The first kappa shape index (κ1) is 20.3. The maximum atomic E-state index is 13.5. The van der Waals surface area contributed by atoms with Gasteiger partial charge in [0.15, 0.2) is 17.3 Å². The quantitative estimate of drug-likeness (QED) is 0.577. The molecule has 32 heavy (non-hydrogen) atoms. The van der Waals surface area contributed by atoms with E-state index in [4.69, 9.17) is 9.47 Å². The molecule has 164 valence electrons. The van der Waals surface area contributed by atoms with Gasteiger partial charge < -0.3 is 14.8 Å². The molecule has 7 nitrogen and oxygen atoms in total. The average molecular weight is 432 g/mol. The number of ether oxygens (including phenoxy) is 2. The highest BCUT2D eigenvalue weighted by molar-refractivity contribution is 6.23. The van der Waals surface area contributed by atoms with Crippen LogP contribution in [0.1, 0.15) is 52.1 Å². The summed E-state index contributed by atoms with van der Waals surface area (Å²) in [6.07, 6.45) is 2.71. The van der Waals surface area contributed by atoms with E-state index in [2.05, 4.69) is 5.32 Å². The van der Waals surface area contributed by atoms with Crippen molar-refractivity contribution >= 4 is 23.3 Å². The fourth-order valence-electron chi connectivity index (χ4n) is 4.52. The number of nitrogens with one attached hydrogen (secondary N) is 1. The van der Waals surface area contributed by atoms with Crippen molar-refractivity contribution in [2.45, 2.75) is 32.7 Å². The molecular weight excluding hydrogens is 408 g/mol. The molecule has 0 bridgehead atoms. The highest BCUT2D eigenvalue weighted by Gasteiger charge is 2.42. The Bertz CT molecular complexity index is 1130. The molecule has 0 aliphatic carbocycles. The second kappa shape index (κ2) is 7.82. The molecule has 2 aromatic carbocycles. The lowest BCUT2D eigenvalue weighted by molar-refractivity contribution is -0.118. The Morgan fingerprint density at radius 3 is 2.38 bits per heavy atom. The molecule has 3 aliphatic heterocycles. The Morgan fingerprint density at radius 2 is 1.72 bits per heavy atom. The summed E-state index contributed by atoms with van der Waals surface area (Å²) in [6, 6.07) is 9.67. The van der Waals surface area contributed by atoms with Crippen molar-refractivity contribution in [3.63, 3.8) is 0 Å². The standard InChI is InChI=1S/C25H24N2O5/c1-14(2)9-20(27-24(29)16-5-3-4-6-17(16)25(27)30)21(28)12-19-18-11-23-22(31-13-32-23)10-15(18)7-8-26-19/h3-6,10-12,14,20,26H,7-9,13H2,1-2H3/b19-12-/t20-/m1/s1. The number of nitrogens with zero attached hydrogens (tertiary/aromatic N) is 1. The van der Waals surface area contributed by atoms with Gasteiger partial charge in [-0.3, -0.25) is 19.3 Å². The Hall–Kier alpha value is -3.61. The van der Waals surface area contributed by atoms with Crippen molar-refractivity contribution in [3.8, 4) is 11.5 Å². The van der Waals surface area contributed by atoms with E-state index in [9.17, 15) is 14.4 Å². The normalized spacial score (nSPS) is 18.6. The van der Waals surface area contributed by atoms with Crippen molar-refractivity contribution in [3.05, 3.63) is 64.7 Å². The molecule has 2 amide bonds. The molecule has 5 rings (SSSR count). The van der Waals surface area contributed by atoms with Crippen LogP contribution in [0.4, 0.5) is 0 Å². The molecule has 0 aromatic heterocycles. The van der Waals surface area contributed by atoms with Crippen molar-refractivity contribution in [1.29, 1.82) is 0 Å². The van der Waals surface area contributed by atoms with Gasteiger partial charge in [0.1, 0.15) is 6.04 Å².